The van der Waals surface area contributed by atoms with E-state index in [2.05, 4.69) is 4.98 Å². The summed E-state index contributed by atoms with van der Waals surface area (Å²) in [6.45, 7) is 0. The van der Waals surface area contributed by atoms with Gasteiger partial charge >= 0.3 is 0 Å². The van der Waals surface area contributed by atoms with Crippen molar-refractivity contribution in [2.75, 3.05) is 7.11 Å². The molecule has 0 aliphatic carbocycles. The normalized spacial score (nSPS) is 9.93. The van der Waals surface area contributed by atoms with Crippen molar-refractivity contribution < 1.29 is 9.53 Å². The number of nitrogens with one attached hydrogen (secondary N) is 1. The maximum Gasteiger partial charge on any atom is 0.166 e. The molecule has 0 aliphatic rings. The van der Waals surface area contributed by atoms with E-state index in [9.17, 15) is 4.79 Å². The number of ether oxygens (including phenoxy) is 1. The Balaban J connectivity index is 2.41. The lowest BCUT2D eigenvalue weighted by Gasteiger charge is -2.02. The number of H-pyrrole nitrogens is 1. The standard InChI is InChI=1S/C12H11NO2/c1-15-10-4-2-9(3-5-10)11-6-7-13-12(11)8-14/h2-8,13H,1H3. The Labute approximate surface area is 87.7 Å². The third-order valence-electron chi connectivity index (χ3n) is 2.30. The lowest BCUT2D eigenvalue weighted by Crippen LogP contribution is -1.85. The number of carbonyl (C=O) groups excluding carboxylic acids is 1. The van der Waals surface area contributed by atoms with Gasteiger partial charge in [-0.1, -0.05) is 12.1 Å². The van der Waals surface area contributed by atoms with Gasteiger partial charge in [0.2, 0.25) is 0 Å². The van der Waals surface area contributed by atoms with E-state index in [-0.39, 0.29) is 0 Å². The van der Waals surface area contributed by atoms with Crippen molar-refractivity contribution in [2.24, 2.45) is 0 Å². The minimum absolute atomic E-state index is 0.597. The number of benzene rings is 1. The van der Waals surface area contributed by atoms with Gasteiger partial charge in [0.15, 0.2) is 6.29 Å². The predicted octanol–water partition coefficient (Wildman–Crippen LogP) is 2.50. The topological polar surface area (TPSA) is 42.1 Å². The van der Waals surface area contributed by atoms with Crippen LogP contribution in [-0.2, 0) is 0 Å². The summed E-state index contributed by atoms with van der Waals surface area (Å²) in [6.07, 6.45) is 2.57. The Hall–Kier alpha value is -2.03. The van der Waals surface area contributed by atoms with Crippen molar-refractivity contribution in [2.45, 2.75) is 0 Å². The lowest BCUT2D eigenvalue weighted by atomic mass is 10.1. The molecule has 0 atom stereocenters. The van der Waals surface area contributed by atoms with Gasteiger partial charge in [-0.25, -0.2) is 0 Å². The van der Waals surface area contributed by atoms with Crippen LogP contribution in [0, 0.1) is 0 Å². The van der Waals surface area contributed by atoms with Crippen molar-refractivity contribution in [1.29, 1.82) is 0 Å². The molecule has 1 aromatic heterocycles. The Bertz CT molecular complexity index is 457. The van der Waals surface area contributed by atoms with Gasteiger partial charge in [-0.05, 0) is 23.8 Å². The smallest absolute Gasteiger partial charge is 0.166 e. The number of methoxy groups -OCH3 is 1. The van der Waals surface area contributed by atoms with E-state index in [0.29, 0.717) is 5.69 Å². The van der Waals surface area contributed by atoms with E-state index >= 15 is 0 Å². The van der Waals surface area contributed by atoms with E-state index in [4.69, 9.17) is 4.74 Å². The second kappa shape index (κ2) is 4.00. The average molecular weight is 201 g/mol. The van der Waals surface area contributed by atoms with Crippen molar-refractivity contribution in [3.05, 3.63) is 42.2 Å². The summed E-state index contributed by atoms with van der Waals surface area (Å²) in [5.41, 5.74) is 2.51. The summed E-state index contributed by atoms with van der Waals surface area (Å²) in [4.78, 5) is 13.6. The second-order valence-corrected chi connectivity index (χ2v) is 3.15. The van der Waals surface area contributed by atoms with Crippen LogP contribution in [0.5, 0.6) is 5.75 Å². The fourth-order valence-electron chi connectivity index (χ4n) is 1.50. The third-order valence-corrected chi connectivity index (χ3v) is 2.30. The summed E-state index contributed by atoms with van der Waals surface area (Å²) < 4.78 is 5.07. The summed E-state index contributed by atoms with van der Waals surface area (Å²) in [5, 5.41) is 0. The van der Waals surface area contributed by atoms with E-state index in [1.54, 1.807) is 13.3 Å². The van der Waals surface area contributed by atoms with Gasteiger partial charge in [0, 0.05) is 11.8 Å². The Morgan fingerprint density at radius 1 is 1.20 bits per heavy atom. The van der Waals surface area contributed by atoms with Gasteiger partial charge < -0.3 is 9.72 Å². The second-order valence-electron chi connectivity index (χ2n) is 3.15. The molecular weight excluding hydrogens is 190 g/mol. The summed E-state index contributed by atoms with van der Waals surface area (Å²) in [6, 6.07) is 9.48. The first kappa shape index (κ1) is 9.52. The van der Waals surface area contributed by atoms with E-state index in [1.807, 2.05) is 30.3 Å². The summed E-state index contributed by atoms with van der Waals surface area (Å²) >= 11 is 0. The molecule has 0 saturated carbocycles. The van der Waals surface area contributed by atoms with Crippen LogP contribution in [0.25, 0.3) is 11.1 Å². The first-order valence-electron chi connectivity index (χ1n) is 4.62. The molecule has 3 heteroatoms. The summed E-state index contributed by atoms with van der Waals surface area (Å²) in [7, 11) is 1.63. The number of rotatable bonds is 3. The maximum atomic E-state index is 10.7. The highest BCUT2D eigenvalue weighted by molar-refractivity contribution is 5.85. The van der Waals surface area contributed by atoms with Crippen LogP contribution in [0.4, 0.5) is 0 Å². The van der Waals surface area contributed by atoms with Gasteiger partial charge in [0.05, 0.1) is 12.8 Å². The van der Waals surface area contributed by atoms with Crippen LogP contribution >= 0.6 is 0 Å². The minimum Gasteiger partial charge on any atom is -0.497 e. The molecule has 0 spiro atoms. The van der Waals surface area contributed by atoms with Crippen molar-refractivity contribution >= 4 is 6.29 Å². The first-order chi connectivity index (χ1) is 7.35. The lowest BCUT2D eigenvalue weighted by molar-refractivity contribution is 0.112. The van der Waals surface area contributed by atoms with E-state index in [0.717, 1.165) is 23.2 Å². The minimum atomic E-state index is 0.597. The highest BCUT2D eigenvalue weighted by Gasteiger charge is 2.04. The molecule has 1 N–H and O–H groups in total. The molecule has 3 nitrogen and oxygen atoms in total. The van der Waals surface area contributed by atoms with Crippen molar-refractivity contribution in [1.82, 2.24) is 4.98 Å². The van der Waals surface area contributed by atoms with E-state index < -0.39 is 0 Å². The highest BCUT2D eigenvalue weighted by Crippen LogP contribution is 2.24. The number of carbonyl (C=O) groups is 1. The maximum absolute atomic E-state index is 10.7. The van der Waals surface area contributed by atoms with Crippen LogP contribution in [0.2, 0.25) is 0 Å². The molecule has 1 heterocycles. The molecule has 2 rings (SSSR count). The zero-order valence-corrected chi connectivity index (χ0v) is 8.36. The van der Waals surface area contributed by atoms with E-state index in [1.165, 1.54) is 0 Å². The van der Waals surface area contributed by atoms with Gasteiger partial charge in [0.25, 0.3) is 0 Å². The Morgan fingerprint density at radius 2 is 1.93 bits per heavy atom. The molecule has 0 radical (unpaired) electrons. The summed E-state index contributed by atoms with van der Waals surface area (Å²) in [5.74, 6) is 0.807. The molecule has 2 aromatic rings. The third kappa shape index (κ3) is 1.76. The van der Waals surface area contributed by atoms with Crippen LogP contribution in [0.15, 0.2) is 36.5 Å². The van der Waals surface area contributed by atoms with Crippen LogP contribution < -0.4 is 4.74 Å². The zero-order valence-electron chi connectivity index (χ0n) is 8.36. The molecule has 0 unspecified atom stereocenters. The number of hydrogen-bond acceptors (Lipinski definition) is 2. The fraction of sp³-hybridized carbons (Fsp3) is 0.0833. The quantitative estimate of drug-likeness (QED) is 0.775. The van der Waals surface area contributed by atoms with Gasteiger partial charge in [-0.2, -0.15) is 0 Å². The molecule has 0 fully saturated rings. The molecule has 0 aliphatic heterocycles. The molecule has 15 heavy (non-hydrogen) atoms. The Kier molecular flexibility index (Phi) is 2.54. The van der Waals surface area contributed by atoms with Gasteiger partial charge in [0.1, 0.15) is 5.75 Å². The zero-order chi connectivity index (χ0) is 10.7. The highest BCUT2D eigenvalue weighted by atomic mass is 16.5. The largest absolute Gasteiger partial charge is 0.497 e. The number of aromatic amines is 1. The van der Waals surface area contributed by atoms with Crippen molar-refractivity contribution in [3.8, 4) is 16.9 Å². The fourth-order valence-corrected chi connectivity index (χ4v) is 1.50. The number of hydrogen-bond donors (Lipinski definition) is 1. The molecule has 0 amide bonds. The van der Waals surface area contributed by atoms with Crippen molar-refractivity contribution in [3.63, 3.8) is 0 Å². The molecule has 0 saturated heterocycles. The molecule has 76 valence electrons. The Morgan fingerprint density at radius 3 is 2.53 bits per heavy atom. The van der Waals surface area contributed by atoms with Gasteiger partial charge in [-0.15, -0.1) is 0 Å². The molecule has 1 aromatic carbocycles. The monoisotopic (exact) mass is 201 g/mol. The SMILES string of the molecule is COc1ccc(-c2cc[nH]c2C=O)cc1. The molecule has 0 bridgehead atoms. The number of aldehydes is 1. The van der Waals surface area contributed by atoms with Crippen LogP contribution in [0.3, 0.4) is 0 Å². The molecular formula is C12H11NO2. The predicted molar refractivity (Wildman–Crippen MR) is 58.2 cm³/mol. The van der Waals surface area contributed by atoms with Gasteiger partial charge in [-0.3, -0.25) is 4.79 Å². The average Bonchev–Trinajstić information content (AvgIpc) is 2.77. The van der Waals surface area contributed by atoms with Crippen LogP contribution in [0.1, 0.15) is 10.5 Å². The first-order valence-corrected chi connectivity index (χ1v) is 4.62. The van der Waals surface area contributed by atoms with Crippen LogP contribution in [-0.4, -0.2) is 18.4 Å². The number of aromatic nitrogens is 1.